The van der Waals surface area contributed by atoms with Gasteiger partial charge in [0.05, 0.1) is 12.5 Å². The maximum atomic E-state index is 10.6. The molecule has 3 nitrogen and oxygen atoms in total. The lowest BCUT2D eigenvalue weighted by Crippen LogP contribution is -2.36. The number of piperidine rings is 1. The molecule has 1 aliphatic rings. The molecule has 0 aromatic rings. The van der Waals surface area contributed by atoms with Gasteiger partial charge in [-0.05, 0) is 6.42 Å². The lowest BCUT2D eigenvalue weighted by Gasteiger charge is -2.19. The molecule has 0 spiro atoms. The Morgan fingerprint density at radius 1 is 1.78 bits per heavy atom. The number of rotatable bonds is 1. The third-order valence-corrected chi connectivity index (χ3v) is 1.53. The Balaban J connectivity index is 2.32. The van der Waals surface area contributed by atoms with E-state index in [1.165, 1.54) is 0 Å². The van der Waals surface area contributed by atoms with Gasteiger partial charge in [-0.15, -0.1) is 0 Å². The molecule has 0 bridgehead atoms. The smallest absolute Gasteiger partial charge is 0.222 e. The van der Waals surface area contributed by atoms with Gasteiger partial charge in [0.1, 0.15) is 0 Å². The Bertz CT molecular complexity index is 114. The number of carbonyl (C=O) groups excluding carboxylic acids is 1. The number of amides is 1. The van der Waals surface area contributed by atoms with Crippen molar-refractivity contribution in [2.75, 3.05) is 13.7 Å². The van der Waals surface area contributed by atoms with E-state index in [0.29, 0.717) is 6.42 Å². The molecule has 1 N–H and O–H groups in total. The zero-order valence-corrected chi connectivity index (χ0v) is 5.52. The van der Waals surface area contributed by atoms with E-state index >= 15 is 0 Å². The number of hydrogen-bond acceptors (Lipinski definition) is 2. The Hall–Kier alpha value is -0.570. The summed E-state index contributed by atoms with van der Waals surface area (Å²) < 4.78 is 5.00. The predicted molar refractivity (Wildman–Crippen MR) is 33.0 cm³/mol. The van der Waals surface area contributed by atoms with Crippen molar-refractivity contribution in [3.8, 4) is 0 Å². The van der Waals surface area contributed by atoms with Gasteiger partial charge < -0.3 is 10.1 Å². The van der Waals surface area contributed by atoms with E-state index in [1.54, 1.807) is 7.11 Å². The van der Waals surface area contributed by atoms with Crippen molar-refractivity contribution in [2.45, 2.75) is 18.9 Å². The van der Waals surface area contributed by atoms with Crippen LogP contribution in [0.3, 0.4) is 0 Å². The van der Waals surface area contributed by atoms with E-state index < -0.39 is 0 Å². The van der Waals surface area contributed by atoms with Crippen LogP contribution in [-0.2, 0) is 9.53 Å². The first-order chi connectivity index (χ1) is 4.33. The fourth-order valence-electron chi connectivity index (χ4n) is 0.955. The van der Waals surface area contributed by atoms with Crippen LogP contribution in [0.5, 0.6) is 0 Å². The first-order valence-electron chi connectivity index (χ1n) is 3.12. The molecule has 3 heteroatoms. The van der Waals surface area contributed by atoms with Crippen LogP contribution in [0.25, 0.3) is 0 Å². The number of hydrogen-bond donors (Lipinski definition) is 1. The summed E-state index contributed by atoms with van der Waals surface area (Å²) in [4.78, 5) is 10.6. The monoisotopic (exact) mass is 129 g/mol. The molecule has 0 aromatic carbocycles. The van der Waals surface area contributed by atoms with Crippen LogP contribution in [0.2, 0.25) is 0 Å². The van der Waals surface area contributed by atoms with Crippen molar-refractivity contribution in [1.82, 2.24) is 5.32 Å². The second-order valence-electron chi connectivity index (χ2n) is 2.20. The molecule has 9 heavy (non-hydrogen) atoms. The van der Waals surface area contributed by atoms with E-state index in [2.05, 4.69) is 5.32 Å². The molecular weight excluding hydrogens is 118 g/mol. The van der Waals surface area contributed by atoms with Crippen LogP contribution in [0.4, 0.5) is 0 Å². The Labute approximate surface area is 54.4 Å². The third-order valence-electron chi connectivity index (χ3n) is 1.53. The van der Waals surface area contributed by atoms with Gasteiger partial charge in [-0.1, -0.05) is 0 Å². The highest BCUT2D eigenvalue weighted by molar-refractivity contribution is 5.77. The Morgan fingerprint density at radius 2 is 2.56 bits per heavy atom. The van der Waals surface area contributed by atoms with Crippen LogP contribution in [0.1, 0.15) is 12.8 Å². The third kappa shape index (κ3) is 1.68. The molecule has 0 aliphatic carbocycles. The molecule has 0 aromatic heterocycles. The minimum Gasteiger partial charge on any atom is -0.381 e. The van der Waals surface area contributed by atoms with Crippen molar-refractivity contribution in [2.24, 2.45) is 0 Å². The normalized spacial score (nSPS) is 27.7. The van der Waals surface area contributed by atoms with Gasteiger partial charge in [0.2, 0.25) is 5.91 Å². The minimum absolute atomic E-state index is 0.105. The standard InChI is InChI=1S/C6H11NO2/c1-9-5-2-3-7-6(8)4-5/h5H,2-4H2,1H3,(H,7,8). The molecule has 1 rings (SSSR count). The Morgan fingerprint density at radius 3 is 3.00 bits per heavy atom. The number of methoxy groups -OCH3 is 1. The predicted octanol–water partition coefficient (Wildman–Crippen LogP) is -0.0886. The number of ether oxygens (including phenoxy) is 1. The van der Waals surface area contributed by atoms with Gasteiger partial charge >= 0.3 is 0 Å². The summed E-state index contributed by atoms with van der Waals surface area (Å²) in [6.07, 6.45) is 1.62. The van der Waals surface area contributed by atoms with Gasteiger partial charge in [0.15, 0.2) is 0 Å². The van der Waals surface area contributed by atoms with Crippen LogP contribution in [0.15, 0.2) is 0 Å². The summed E-state index contributed by atoms with van der Waals surface area (Å²) in [5.74, 6) is 0.105. The molecule has 0 saturated carbocycles. The van der Waals surface area contributed by atoms with Gasteiger partial charge in [-0.2, -0.15) is 0 Å². The van der Waals surface area contributed by atoms with Crippen LogP contribution < -0.4 is 5.32 Å². The summed E-state index contributed by atoms with van der Waals surface area (Å²) in [5.41, 5.74) is 0. The quantitative estimate of drug-likeness (QED) is 0.537. The SMILES string of the molecule is COC1CCNC(=O)C1. The zero-order valence-electron chi connectivity index (χ0n) is 5.52. The molecule has 1 atom stereocenters. The van der Waals surface area contributed by atoms with Crippen molar-refractivity contribution >= 4 is 5.91 Å². The second-order valence-corrected chi connectivity index (χ2v) is 2.20. The van der Waals surface area contributed by atoms with Gasteiger partial charge in [0, 0.05) is 13.7 Å². The lowest BCUT2D eigenvalue weighted by atomic mass is 10.1. The maximum Gasteiger partial charge on any atom is 0.222 e. The number of carbonyl (C=O) groups is 1. The van der Waals surface area contributed by atoms with Gasteiger partial charge in [0.25, 0.3) is 0 Å². The molecule has 1 heterocycles. The van der Waals surface area contributed by atoms with Crippen LogP contribution in [0, 0.1) is 0 Å². The molecule has 1 fully saturated rings. The summed E-state index contributed by atoms with van der Waals surface area (Å²) in [6, 6.07) is 0. The highest BCUT2D eigenvalue weighted by Gasteiger charge is 2.17. The van der Waals surface area contributed by atoms with Crippen molar-refractivity contribution in [3.05, 3.63) is 0 Å². The Kier molecular flexibility index (Phi) is 2.05. The van der Waals surface area contributed by atoms with Crippen molar-refractivity contribution in [1.29, 1.82) is 0 Å². The van der Waals surface area contributed by atoms with Gasteiger partial charge in [-0.3, -0.25) is 4.79 Å². The van der Waals surface area contributed by atoms with Crippen molar-refractivity contribution < 1.29 is 9.53 Å². The number of nitrogens with one attached hydrogen (secondary N) is 1. The van der Waals surface area contributed by atoms with E-state index in [1.807, 2.05) is 0 Å². The van der Waals surface area contributed by atoms with E-state index in [-0.39, 0.29) is 12.0 Å². The highest BCUT2D eigenvalue weighted by Crippen LogP contribution is 2.05. The van der Waals surface area contributed by atoms with Gasteiger partial charge in [-0.25, -0.2) is 0 Å². The first kappa shape index (κ1) is 6.55. The molecule has 1 saturated heterocycles. The second kappa shape index (κ2) is 2.82. The van der Waals surface area contributed by atoms with Crippen LogP contribution in [-0.4, -0.2) is 25.7 Å². The van der Waals surface area contributed by atoms with Crippen molar-refractivity contribution in [3.63, 3.8) is 0 Å². The topological polar surface area (TPSA) is 38.3 Å². The molecule has 52 valence electrons. The lowest BCUT2D eigenvalue weighted by molar-refractivity contribution is -0.125. The zero-order chi connectivity index (χ0) is 6.69. The average molecular weight is 129 g/mol. The molecule has 0 radical (unpaired) electrons. The highest BCUT2D eigenvalue weighted by atomic mass is 16.5. The van der Waals surface area contributed by atoms with E-state index in [0.717, 1.165) is 13.0 Å². The molecule has 1 amide bonds. The molecule has 1 aliphatic heterocycles. The minimum atomic E-state index is 0.105. The van der Waals surface area contributed by atoms with Crippen LogP contribution >= 0.6 is 0 Å². The summed E-state index contributed by atoms with van der Waals surface area (Å²) >= 11 is 0. The fraction of sp³-hybridized carbons (Fsp3) is 0.833. The van der Waals surface area contributed by atoms with E-state index in [9.17, 15) is 4.79 Å². The van der Waals surface area contributed by atoms with E-state index in [4.69, 9.17) is 4.74 Å². The molecule has 1 unspecified atom stereocenters. The first-order valence-corrected chi connectivity index (χ1v) is 3.12. The maximum absolute atomic E-state index is 10.6. The summed E-state index contributed by atoms with van der Waals surface area (Å²) in [7, 11) is 1.64. The summed E-state index contributed by atoms with van der Waals surface area (Å²) in [5, 5.41) is 2.73. The fourth-order valence-corrected chi connectivity index (χ4v) is 0.955. The summed E-state index contributed by atoms with van der Waals surface area (Å²) in [6.45, 7) is 0.761. The largest absolute Gasteiger partial charge is 0.381 e. The molecular formula is C6H11NO2. The average Bonchev–Trinajstić information content (AvgIpc) is 1.88.